The number of aromatic nitrogens is 2. The van der Waals surface area contributed by atoms with Crippen LogP contribution in [0.25, 0.3) is 77.0 Å². The topological polar surface area (TPSA) is 25.8 Å². The van der Waals surface area contributed by atoms with Crippen LogP contribution in [0.4, 0.5) is 0 Å². The zero-order valence-electron chi connectivity index (χ0n) is 26.0. The molecular formula is C42H34N2S. The van der Waals surface area contributed by atoms with Gasteiger partial charge in [-0.2, -0.15) is 10.0 Å². The summed E-state index contributed by atoms with van der Waals surface area (Å²) >= 11 is 0. The van der Waals surface area contributed by atoms with Crippen LogP contribution in [0, 0.1) is 0 Å². The van der Waals surface area contributed by atoms with Gasteiger partial charge in [-0.1, -0.05) is 117 Å². The third-order valence-electron chi connectivity index (χ3n) is 9.09. The number of pyridine rings is 2. The zero-order valence-corrected chi connectivity index (χ0v) is 26.8. The molecule has 8 aromatic rings. The second-order valence-corrected chi connectivity index (χ2v) is 15.3. The fraction of sp³-hybridized carbons (Fsp3) is 0.0952. The van der Waals surface area contributed by atoms with Crippen LogP contribution in [0.15, 0.2) is 143 Å². The lowest BCUT2D eigenvalue weighted by Gasteiger charge is -2.31. The van der Waals surface area contributed by atoms with E-state index < -0.39 is 10.0 Å². The van der Waals surface area contributed by atoms with Gasteiger partial charge in [-0.3, -0.25) is 0 Å². The molecule has 0 N–H and O–H groups in total. The molecule has 0 unspecified atom stereocenters. The van der Waals surface area contributed by atoms with E-state index in [4.69, 9.17) is 9.97 Å². The first-order valence-electron chi connectivity index (χ1n) is 15.7. The minimum absolute atomic E-state index is 1.00. The number of hydrogen-bond donors (Lipinski definition) is 0. The Labute approximate surface area is 265 Å². The Morgan fingerprint density at radius 3 is 1.64 bits per heavy atom. The molecule has 3 heteroatoms. The van der Waals surface area contributed by atoms with Gasteiger partial charge >= 0.3 is 0 Å². The van der Waals surface area contributed by atoms with E-state index in [1.165, 1.54) is 53.6 Å². The fourth-order valence-electron chi connectivity index (χ4n) is 7.18. The average molecular weight is 599 g/mol. The van der Waals surface area contributed by atoms with Crippen LogP contribution >= 0.6 is 10.0 Å². The van der Waals surface area contributed by atoms with Gasteiger partial charge in [0.15, 0.2) is 0 Å². The Bertz CT molecular complexity index is 2440. The van der Waals surface area contributed by atoms with Crippen LogP contribution in [0.5, 0.6) is 0 Å². The lowest BCUT2D eigenvalue weighted by atomic mass is 9.87. The highest BCUT2D eigenvalue weighted by Crippen LogP contribution is 2.70. The number of rotatable bonds is 2. The molecule has 45 heavy (non-hydrogen) atoms. The van der Waals surface area contributed by atoms with Gasteiger partial charge < -0.3 is 0 Å². The molecule has 0 spiro atoms. The minimum Gasteiger partial charge on any atom is -0.248 e. The van der Waals surface area contributed by atoms with Gasteiger partial charge in [-0.25, -0.2) is 9.97 Å². The molecule has 9 rings (SSSR count). The molecule has 1 aliphatic rings. The van der Waals surface area contributed by atoms with Crippen molar-refractivity contribution in [2.24, 2.45) is 0 Å². The van der Waals surface area contributed by atoms with Crippen molar-refractivity contribution in [3.05, 3.63) is 133 Å². The van der Waals surface area contributed by atoms with Crippen LogP contribution in [-0.4, -0.2) is 22.5 Å². The minimum atomic E-state index is -1.31. The first kappa shape index (κ1) is 27.6. The molecule has 2 nitrogen and oxygen atoms in total. The van der Waals surface area contributed by atoms with E-state index in [1.54, 1.807) is 0 Å². The predicted molar refractivity (Wildman–Crippen MR) is 196 cm³/mol. The molecule has 0 saturated heterocycles. The second kappa shape index (κ2) is 10.6. The van der Waals surface area contributed by atoms with E-state index in [2.05, 4.69) is 146 Å². The summed E-state index contributed by atoms with van der Waals surface area (Å²) in [5, 5.41) is 7.26. The lowest BCUT2D eigenvalue weighted by Crippen LogP contribution is -1.99. The summed E-state index contributed by atoms with van der Waals surface area (Å²) in [6, 6.07) is 48.1. The summed E-state index contributed by atoms with van der Waals surface area (Å²) in [4.78, 5) is 13.5. The van der Waals surface area contributed by atoms with Gasteiger partial charge in [0.1, 0.15) is 0 Å². The molecule has 0 amide bonds. The molecular weight excluding hydrogens is 565 g/mol. The number of hydrogen-bond acceptors (Lipinski definition) is 2. The maximum Gasteiger partial charge on any atom is 0.0722 e. The highest BCUT2D eigenvalue weighted by atomic mass is 32.3. The quantitative estimate of drug-likeness (QED) is 0.185. The van der Waals surface area contributed by atoms with E-state index in [1.807, 2.05) is 13.8 Å². The molecule has 0 fully saturated rings. The van der Waals surface area contributed by atoms with Crippen molar-refractivity contribution < 1.29 is 0 Å². The van der Waals surface area contributed by atoms with E-state index in [9.17, 15) is 0 Å². The summed E-state index contributed by atoms with van der Waals surface area (Å²) in [5.74, 6) is 0. The van der Waals surface area contributed by atoms with Crippen LogP contribution in [-0.2, 0) is 0 Å². The van der Waals surface area contributed by atoms with Crippen molar-refractivity contribution in [1.82, 2.24) is 9.97 Å². The van der Waals surface area contributed by atoms with Gasteiger partial charge in [0, 0.05) is 37.1 Å². The summed E-state index contributed by atoms with van der Waals surface area (Å²) in [5.41, 5.74) is 9.14. The molecule has 0 aliphatic carbocycles. The van der Waals surface area contributed by atoms with Crippen molar-refractivity contribution in [2.45, 2.75) is 23.6 Å². The molecule has 0 radical (unpaired) electrons. The molecule has 0 saturated carbocycles. The fourth-order valence-corrected chi connectivity index (χ4v) is 9.99. The van der Waals surface area contributed by atoms with Gasteiger partial charge in [-0.15, -0.1) is 0 Å². The van der Waals surface area contributed by atoms with Crippen molar-refractivity contribution in [3.63, 3.8) is 0 Å². The Hall–Kier alpha value is -4.99. The van der Waals surface area contributed by atoms with E-state index in [0.29, 0.717) is 0 Å². The first-order valence-corrected chi connectivity index (χ1v) is 18.1. The molecule has 1 aliphatic heterocycles. The second-order valence-electron chi connectivity index (χ2n) is 11.8. The molecule has 218 valence electrons. The Morgan fingerprint density at radius 2 is 0.978 bits per heavy atom. The van der Waals surface area contributed by atoms with Crippen LogP contribution in [0.1, 0.15) is 13.8 Å². The van der Waals surface area contributed by atoms with Gasteiger partial charge in [-0.05, 0) is 70.1 Å². The normalized spacial score (nSPS) is 13.8. The molecule has 0 atom stereocenters. The largest absolute Gasteiger partial charge is 0.248 e. The van der Waals surface area contributed by atoms with E-state index >= 15 is 0 Å². The SMILES string of the molecule is CC.CS1(C)c2ccccc2-c2ccc3c(-c4ccc5ccccc5n4)c4ccccc4c(-c4ccc5ccccc5n4)c3c21. The summed E-state index contributed by atoms with van der Waals surface area (Å²) < 4.78 is 0. The summed E-state index contributed by atoms with van der Waals surface area (Å²) in [6.07, 6.45) is 4.91. The number of nitrogens with zero attached hydrogens (tertiary/aromatic N) is 2. The number of fused-ring (bicyclic) bond motifs is 8. The Balaban J connectivity index is 0.00000147. The van der Waals surface area contributed by atoms with Gasteiger partial charge in [0.2, 0.25) is 0 Å². The van der Waals surface area contributed by atoms with Gasteiger partial charge in [0.25, 0.3) is 0 Å². The van der Waals surface area contributed by atoms with Crippen LogP contribution < -0.4 is 0 Å². The highest BCUT2D eigenvalue weighted by molar-refractivity contribution is 8.33. The van der Waals surface area contributed by atoms with Crippen molar-refractivity contribution >= 4 is 53.4 Å². The molecule has 2 aromatic heterocycles. The third-order valence-corrected chi connectivity index (χ3v) is 12.0. The van der Waals surface area contributed by atoms with Crippen molar-refractivity contribution in [2.75, 3.05) is 12.5 Å². The molecule has 6 aromatic carbocycles. The van der Waals surface area contributed by atoms with Crippen molar-refractivity contribution in [3.8, 4) is 33.6 Å². The summed E-state index contributed by atoms with van der Waals surface area (Å²) in [7, 11) is -1.31. The molecule has 0 bridgehead atoms. The zero-order chi connectivity index (χ0) is 30.7. The predicted octanol–water partition coefficient (Wildman–Crippen LogP) is 11.9. The summed E-state index contributed by atoms with van der Waals surface area (Å²) in [6.45, 7) is 4.00. The van der Waals surface area contributed by atoms with Crippen LogP contribution in [0.3, 0.4) is 0 Å². The average Bonchev–Trinajstić information content (AvgIpc) is 3.34. The maximum absolute atomic E-state index is 5.31. The van der Waals surface area contributed by atoms with Crippen LogP contribution in [0.2, 0.25) is 0 Å². The lowest BCUT2D eigenvalue weighted by molar-refractivity contribution is 1.40. The Kier molecular flexibility index (Phi) is 6.47. The first-order chi connectivity index (χ1) is 22.1. The number of para-hydroxylation sites is 2. The van der Waals surface area contributed by atoms with Gasteiger partial charge in [0.05, 0.1) is 22.4 Å². The van der Waals surface area contributed by atoms with Crippen molar-refractivity contribution in [1.29, 1.82) is 0 Å². The Morgan fingerprint density at radius 1 is 0.444 bits per heavy atom. The van der Waals surface area contributed by atoms with E-state index in [-0.39, 0.29) is 0 Å². The number of benzene rings is 6. The standard InChI is InChI=1S/C40H28N2S.C2H6/c1-43(2)36-18-10-7-13-27(36)30-21-22-31-37(34-23-19-25-11-3-8-16-32(25)41-34)28-14-5-6-15-29(28)38(39(31)40(30)43)35-24-20-26-12-4-9-17-33(26)42-35;1-2/h3-24H,1-2H3;1-2H3. The molecule has 3 heterocycles. The third kappa shape index (κ3) is 4.11. The maximum atomic E-state index is 5.31. The monoisotopic (exact) mass is 598 g/mol. The highest BCUT2D eigenvalue weighted by Gasteiger charge is 2.35. The van der Waals surface area contributed by atoms with E-state index in [0.717, 1.165) is 33.2 Å². The smallest absolute Gasteiger partial charge is 0.0722 e.